The minimum Gasteiger partial charge on any atom is -0.490 e. The predicted molar refractivity (Wildman–Crippen MR) is 181 cm³/mol. The van der Waals surface area contributed by atoms with E-state index in [0.717, 1.165) is 54.9 Å². The molecule has 0 bridgehead atoms. The van der Waals surface area contributed by atoms with E-state index in [1.54, 1.807) is 4.68 Å². The van der Waals surface area contributed by atoms with Crippen LogP contribution in [0, 0.1) is 5.82 Å². The van der Waals surface area contributed by atoms with Crippen LogP contribution in [-0.2, 0) is 13.1 Å². The van der Waals surface area contributed by atoms with Gasteiger partial charge in [0, 0.05) is 50.7 Å². The number of ether oxygens (including phenoxy) is 2. The molecule has 0 unspecified atom stereocenters. The molecule has 0 radical (unpaired) electrons. The molecule has 1 amide bonds. The molecular weight excluding hydrogens is 630 g/mol. The lowest BCUT2D eigenvalue weighted by atomic mass is 9.83. The molecule has 2 aliphatic heterocycles. The van der Waals surface area contributed by atoms with Gasteiger partial charge in [-0.15, -0.1) is 29.9 Å². The van der Waals surface area contributed by atoms with Crippen molar-refractivity contribution in [3.8, 4) is 11.5 Å². The molecule has 2 aromatic carbocycles. The molecule has 3 aliphatic rings. The highest BCUT2D eigenvalue weighted by atomic mass is 35.5. The highest BCUT2D eigenvalue weighted by Gasteiger charge is 2.28. The fourth-order valence-corrected chi connectivity index (χ4v) is 6.76. The summed E-state index contributed by atoms with van der Waals surface area (Å²) in [6, 6.07) is 10.9. The van der Waals surface area contributed by atoms with Gasteiger partial charge in [-0.25, -0.2) is 9.07 Å². The van der Waals surface area contributed by atoms with Crippen molar-refractivity contribution in [3.05, 3.63) is 70.8 Å². The number of rotatable bonds is 10. The van der Waals surface area contributed by atoms with Crippen LogP contribution in [0.25, 0.3) is 0 Å². The zero-order chi connectivity index (χ0) is 30.5. The molecule has 3 aromatic rings. The molecule has 1 atom stereocenters. The number of hydrogen-bond acceptors (Lipinski definition) is 7. The van der Waals surface area contributed by atoms with Crippen LogP contribution in [0.15, 0.2) is 42.6 Å². The average molecular weight is 678 g/mol. The fourth-order valence-electron chi connectivity index (χ4n) is 6.76. The summed E-state index contributed by atoms with van der Waals surface area (Å²) >= 11 is 0. The van der Waals surface area contributed by atoms with Gasteiger partial charge in [0.2, 0.25) is 0 Å². The van der Waals surface area contributed by atoms with Crippen LogP contribution < -0.4 is 14.8 Å². The van der Waals surface area contributed by atoms with Gasteiger partial charge in [-0.3, -0.25) is 4.79 Å². The summed E-state index contributed by atoms with van der Waals surface area (Å²) in [7, 11) is 3.96. The second-order valence-electron chi connectivity index (χ2n) is 12.9. The van der Waals surface area contributed by atoms with Crippen molar-refractivity contribution in [1.82, 2.24) is 30.1 Å². The monoisotopic (exact) mass is 676 g/mol. The van der Waals surface area contributed by atoms with Gasteiger partial charge < -0.3 is 24.6 Å². The lowest BCUT2D eigenvalue weighted by molar-refractivity contribution is 0.0595. The van der Waals surface area contributed by atoms with Crippen LogP contribution in [0.2, 0.25) is 0 Å². The Labute approximate surface area is 284 Å². The van der Waals surface area contributed by atoms with E-state index in [1.807, 2.05) is 48.3 Å². The van der Waals surface area contributed by atoms with Crippen LogP contribution in [0.4, 0.5) is 4.39 Å². The number of carbonyl (C=O) groups is 1. The third-order valence-electron chi connectivity index (χ3n) is 8.98. The molecule has 12 heteroatoms. The number of carbonyl (C=O) groups excluding carboxylic acids is 1. The minimum atomic E-state index is -0.343. The maximum absolute atomic E-state index is 14.5. The highest BCUT2D eigenvalue weighted by molar-refractivity contribution is 5.94. The maximum atomic E-state index is 14.5. The third kappa shape index (κ3) is 9.33. The van der Waals surface area contributed by atoms with Gasteiger partial charge in [-0.1, -0.05) is 24.5 Å². The van der Waals surface area contributed by atoms with Crippen molar-refractivity contribution < 1.29 is 18.7 Å². The summed E-state index contributed by atoms with van der Waals surface area (Å²) in [6.45, 7) is 4.16. The molecule has 1 aromatic heterocycles. The number of nitrogens with one attached hydrogen (secondary N) is 1. The molecule has 1 saturated carbocycles. The summed E-state index contributed by atoms with van der Waals surface area (Å²) in [5.74, 6) is 1.61. The highest BCUT2D eigenvalue weighted by Crippen LogP contribution is 2.39. The number of amides is 1. The number of piperidine rings is 1. The Hall–Kier alpha value is -2.92. The topological polar surface area (TPSA) is 84.8 Å². The molecule has 1 aliphatic carbocycles. The zero-order valence-corrected chi connectivity index (χ0v) is 28.5. The van der Waals surface area contributed by atoms with Crippen LogP contribution in [0.5, 0.6) is 11.5 Å². The first-order chi connectivity index (χ1) is 21.4. The SMILES string of the molecule is CN(C)Cc1cn(Cc2cc(F)cc(OC3CCN(C(=O)c4ccc(O[C@H]5CCNC5)c(C5CCCCC5)c4)CC3)c2)nn1.Cl.Cl. The Morgan fingerprint density at radius 3 is 2.48 bits per heavy atom. The van der Waals surface area contributed by atoms with Crippen molar-refractivity contribution in [3.63, 3.8) is 0 Å². The van der Waals surface area contributed by atoms with Crippen molar-refractivity contribution in [2.24, 2.45) is 0 Å². The number of nitrogens with zero attached hydrogens (tertiary/aromatic N) is 5. The molecule has 252 valence electrons. The number of aromatic nitrogens is 3. The van der Waals surface area contributed by atoms with Gasteiger partial charge in [0.05, 0.1) is 18.4 Å². The summed E-state index contributed by atoms with van der Waals surface area (Å²) < 4.78 is 28.9. The standard InChI is InChI=1S/C34H45FN6O3.2ClH/c1-39(2)22-28-23-41(38-37-28)21-24-16-27(35)19-31(17-24)43-29-11-14-40(15-12-29)34(42)26-8-9-33(44-30-10-13-36-20-30)32(18-26)25-6-4-3-5-7-25;;/h8-9,16-19,23,25,29-30,36H,3-7,10-15,20-22H2,1-2H3;2*1H/t30-;;/m0../s1. The van der Waals surface area contributed by atoms with E-state index >= 15 is 0 Å². The Morgan fingerprint density at radius 2 is 1.76 bits per heavy atom. The number of likely N-dealkylation sites (tertiary alicyclic amines) is 1. The summed E-state index contributed by atoms with van der Waals surface area (Å²) in [5, 5.41) is 11.8. The number of halogens is 3. The first-order valence-electron chi connectivity index (χ1n) is 16.2. The molecule has 0 spiro atoms. The van der Waals surface area contributed by atoms with Crippen LogP contribution >= 0.6 is 24.8 Å². The normalized spacial score (nSPS) is 19.0. The molecule has 2 saturated heterocycles. The van der Waals surface area contributed by atoms with Crippen molar-refractivity contribution in [2.45, 2.75) is 82.6 Å². The lowest BCUT2D eigenvalue weighted by Crippen LogP contribution is -2.41. The molecule has 3 fully saturated rings. The van der Waals surface area contributed by atoms with Gasteiger partial charge in [0.25, 0.3) is 5.91 Å². The maximum Gasteiger partial charge on any atom is 0.253 e. The van der Waals surface area contributed by atoms with E-state index in [9.17, 15) is 9.18 Å². The quantitative estimate of drug-likeness (QED) is 0.289. The minimum absolute atomic E-state index is 0. The van der Waals surface area contributed by atoms with Crippen molar-refractivity contribution in [2.75, 3.05) is 40.3 Å². The first kappa shape index (κ1) is 35.9. The van der Waals surface area contributed by atoms with Crippen LogP contribution in [-0.4, -0.2) is 83.2 Å². The first-order valence-corrected chi connectivity index (χ1v) is 16.2. The van der Waals surface area contributed by atoms with E-state index in [1.165, 1.54) is 37.0 Å². The molecular formula is C34H47Cl2FN6O3. The van der Waals surface area contributed by atoms with Crippen LogP contribution in [0.3, 0.4) is 0 Å². The summed E-state index contributed by atoms with van der Waals surface area (Å²) in [4.78, 5) is 17.6. The second-order valence-corrected chi connectivity index (χ2v) is 12.9. The van der Waals surface area contributed by atoms with Gasteiger partial charge in [-0.05, 0) is 87.3 Å². The van der Waals surface area contributed by atoms with Gasteiger partial charge in [0.1, 0.15) is 29.5 Å². The van der Waals surface area contributed by atoms with Crippen LogP contribution in [0.1, 0.15) is 84.5 Å². The lowest BCUT2D eigenvalue weighted by Gasteiger charge is -2.33. The third-order valence-corrected chi connectivity index (χ3v) is 8.98. The Bertz CT molecular complexity index is 1420. The van der Waals surface area contributed by atoms with Crippen molar-refractivity contribution >= 4 is 30.7 Å². The largest absolute Gasteiger partial charge is 0.490 e. The van der Waals surface area contributed by atoms with E-state index in [2.05, 4.69) is 21.7 Å². The molecule has 46 heavy (non-hydrogen) atoms. The fraction of sp³-hybridized carbons (Fsp3) is 0.559. The number of benzene rings is 2. The predicted octanol–water partition coefficient (Wildman–Crippen LogP) is 5.84. The molecule has 6 rings (SSSR count). The molecule has 1 N–H and O–H groups in total. The Kier molecular flexibility index (Phi) is 13.1. The van der Waals surface area contributed by atoms with Gasteiger partial charge in [-0.2, -0.15) is 0 Å². The number of hydrogen-bond donors (Lipinski definition) is 1. The molecule has 9 nitrogen and oxygen atoms in total. The second kappa shape index (κ2) is 16.8. The zero-order valence-electron chi connectivity index (χ0n) is 26.8. The van der Waals surface area contributed by atoms with Gasteiger partial charge >= 0.3 is 0 Å². The van der Waals surface area contributed by atoms with Gasteiger partial charge in [0.15, 0.2) is 0 Å². The van der Waals surface area contributed by atoms with E-state index in [4.69, 9.17) is 9.47 Å². The van der Waals surface area contributed by atoms with E-state index in [0.29, 0.717) is 50.7 Å². The smallest absolute Gasteiger partial charge is 0.253 e. The van der Waals surface area contributed by atoms with Crippen molar-refractivity contribution in [1.29, 1.82) is 0 Å². The average Bonchev–Trinajstić information content (AvgIpc) is 3.69. The Morgan fingerprint density at radius 1 is 0.978 bits per heavy atom. The summed E-state index contributed by atoms with van der Waals surface area (Å²) in [6.07, 6.45) is 10.4. The Balaban J connectivity index is 0.00000240. The van der Waals surface area contributed by atoms with E-state index in [-0.39, 0.29) is 48.7 Å². The van der Waals surface area contributed by atoms with E-state index < -0.39 is 0 Å². The molecule has 3 heterocycles. The summed E-state index contributed by atoms with van der Waals surface area (Å²) in [5.41, 5.74) is 3.56.